The van der Waals surface area contributed by atoms with Gasteiger partial charge in [-0.1, -0.05) is 18.6 Å². The molecule has 1 aromatic heterocycles. The summed E-state index contributed by atoms with van der Waals surface area (Å²) in [5.74, 6) is -0.860. The highest BCUT2D eigenvalue weighted by Gasteiger charge is 2.28. The molecule has 218 valence electrons. The van der Waals surface area contributed by atoms with Crippen LogP contribution in [0.15, 0.2) is 47.4 Å². The molecule has 3 fully saturated rings. The Morgan fingerprint density at radius 1 is 0.951 bits per heavy atom. The maximum atomic E-state index is 15.3. The first-order valence-corrected chi connectivity index (χ1v) is 15.0. The smallest absolute Gasteiger partial charge is 0.341 e. The third-order valence-electron chi connectivity index (χ3n) is 8.65. The molecule has 1 N–H and O–H groups in total. The van der Waals surface area contributed by atoms with Crippen LogP contribution in [0.25, 0.3) is 10.9 Å². The molecule has 0 unspecified atom stereocenters. The van der Waals surface area contributed by atoms with E-state index in [1.807, 2.05) is 21.6 Å². The lowest BCUT2D eigenvalue weighted by Crippen LogP contribution is -2.46. The van der Waals surface area contributed by atoms with Crippen LogP contribution in [0.5, 0.6) is 5.75 Å². The molecule has 0 radical (unpaired) electrons. The van der Waals surface area contributed by atoms with Crippen molar-refractivity contribution in [2.75, 3.05) is 57.3 Å². The third kappa shape index (κ3) is 6.41. The van der Waals surface area contributed by atoms with Gasteiger partial charge < -0.3 is 24.2 Å². The zero-order chi connectivity index (χ0) is 28.3. The molecular weight excluding hydrogens is 523 g/mol. The number of hydrogen-bond donors (Lipinski definition) is 1. The van der Waals surface area contributed by atoms with Gasteiger partial charge in [0, 0.05) is 56.9 Å². The highest BCUT2D eigenvalue weighted by atomic mass is 19.1. The number of likely N-dealkylation sites (tertiary alicyclic amines) is 1. The second-order valence-electron chi connectivity index (χ2n) is 11.6. The van der Waals surface area contributed by atoms with Crippen molar-refractivity contribution in [1.82, 2.24) is 14.4 Å². The SMILES string of the molecule is O=C(O)c1cn(C2CC2)c2cc(N3CCN(Cc4ccc(OCCCN5CCCCC5)cc4)CC3)c(F)cc2c1=O. The Morgan fingerprint density at radius 2 is 1.68 bits per heavy atom. The summed E-state index contributed by atoms with van der Waals surface area (Å²) in [4.78, 5) is 31.3. The second kappa shape index (κ2) is 12.2. The molecule has 41 heavy (non-hydrogen) atoms. The summed E-state index contributed by atoms with van der Waals surface area (Å²) in [5.41, 5.74) is 1.36. The minimum absolute atomic E-state index is 0.131. The van der Waals surface area contributed by atoms with Gasteiger partial charge in [-0.25, -0.2) is 9.18 Å². The van der Waals surface area contributed by atoms with Crippen molar-refractivity contribution in [2.45, 2.75) is 51.1 Å². The van der Waals surface area contributed by atoms with E-state index in [-0.39, 0.29) is 17.0 Å². The third-order valence-corrected chi connectivity index (χ3v) is 8.65. The van der Waals surface area contributed by atoms with Crippen LogP contribution in [0, 0.1) is 5.82 Å². The van der Waals surface area contributed by atoms with E-state index in [9.17, 15) is 14.7 Å². The van der Waals surface area contributed by atoms with Gasteiger partial charge in [0.2, 0.25) is 5.43 Å². The average molecular weight is 563 g/mol. The number of hydrogen-bond acceptors (Lipinski definition) is 6. The van der Waals surface area contributed by atoms with Crippen molar-refractivity contribution < 1.29 is 19.0 Å². The lowest BCUT2D eigenvalue weighted by atomic mass is 10.1. The van der Waals surface area contributed by atoms with Crippen LogP contribution in [-0.2, 0) is 6.54 Å². The fourth-order valence-electron chi connectivity index (χ4n) is 6.17. The molecule has 0 spiro atoms. The van der Waals surface area contributed by atoms with Crippen LogP contribution in [0.3, 0.4) is 0 Å². The Labute approximate surface area is 239 Å². The van der Waals surface area contributed by atoms with Gasteiger partial charge in [0.05, 0.1) is 17.8 Å². The molecule has 6 rings (SSSR count). The van der Waals surface area contributed by atoms with Crippen LogP contribution in [0.4, 0.5) is 10.1 Å². The van der Waals surface area contributed by atoms with Gasteiger partial charge in [-0.2, -0.15) is 0 Å². The Hall–Kier alpha value is -3.43. The predicted molar refractivity (Wildman–Crippen MR) is 158 cm³/mol. The summed E-state index contributed by atoms with van der Waals surface area (Å²) in [7, 11) is 0. The molecule has 1 saturated carbocycles. The molecule has 0 bridgehead atoms. The standard InChI is InChI=1S/C32H39FN4O4/c33-28-19-26-29(37(24-7-8-24)22-27(31(26)38)32(39)40)20-30(28)36-16-14-35(15-17-36)21-23-5-9-25(10-6-23)41-18-4-13-34-11-2-1-3-12-34/h5-6,9-10,19-20,22,24H,1-4,7-8,11-18,21H2,(H,39,40). The van der Waals surface area contributed by atoms with Gasteiger partial charge in [0.25, 0.3) is 0 Å². The minimum atomic E-state index is -1.28. The molecule has 3 heterocycles. The number of piperazine rings is 1. The number of piperidine rings is 1. The number of ether oxygens (including phenoxy) is 1. The number of benzene rings is 2. The summed E-state index contributed by atoms with van der Waals surface area (Å²) >= 11 is 0. The number of aromatic carboxylic acids is 1. The first kappa shape index (κ1) is 27.7. The number of carboxylic acid groups (broad SMARTS) is 1. The molecule has 0 atom stereocenters. The normalized spacial score (nSPS) is 18.6. The lowest BCUT2D eigenvalue weighted by Gasteiger charge is -2.36. The summed E-state index contributed by atoms with van der Waals surface area (Å²) in [6.07, 6.45) is 8.32. The fourth-order valence-corrected chi connectivity index (χ4v) is 6.17. The molecule has 0 amide bonds. The van der Waals surface area contributed by atoms with Crippen LogP contribution in [0.1, 0.15) is 60.5 Å². The van der Waals surface area contributed by atoms with Crippen molar-refractivity contribution in [3.63, 3.8) is 0 Å². The highest BCUT2D eigenvalue weighted by Crippen LogP contribution is 2.38. The number of anilines is 1. The number of aromatic nitrogens is 1. The Balaban J connectivity index is 1.04. The topological polar surface area (TPSA) is 78.2 Å². The van der Waals surface area contributed by atoms with Crippen LogP contribution in [-0.4, -0.2) is 77.9 Å². The van der Waals surface area contributed by atoms with Crippen molar-refractivity contribution in [3.05, 3.63) is 69.8 Å². The number of carbonyl (C=O) groups is 1. The zero-order valence-electron chi connectivity index (χ0n) is 23.6. The fraction of sp³-hybridized carbons (Fsp3) is 0.500. The van der Waals surface area contributed by atoms with Gasteiger partial charge in [-0.05, 0) is 75.0 Å². The van der Waals surface area contributed by atoms with E-state index in [1.165, 1.54) is 50.2 Å². The largest absolute Gasteiger partial charge is 0.494 e. The molecule has 2 aromatic carbocycles. The van der Waals surface area contributed by atoms with Gasteiger partial charge in [-0.15, -0.1) is 0 Å². The molecule has 8 nitrogen and oxygen atoms in total. The van der Waals surface area contributed by atoms with E-state index in [0.29, 0.717) is 24.3 Å². The van der Waals surface area contributed by atoms with E-state index in [1.54, 1.807) is 6.07 Å². The zero-order valence-corrected chi connectivity index (χ0v) is 23.6. The molecule has 2 saturated heterocycles. The van der Waals surface area contributed by atoms with E-state index in [2.05, 4.69) is 21.9 Å². The number of fused-ring (bicyclic) bond motifs is 1. The summed E-state index contributed by atoms with van der Waals surface area (Å²) in [6, 6.07) is 11.5. The Morgan fingerprint density at radius 3 is 2.37 bits per heavy atom. The van der Waals surface area contributed by atoms with E-state index in [0.717, 1.165) is 57.8 Å². The van der Waals surface area contributed by atoms with Crippen molar-refractivity contribution >= 4 is 22.6 Å². The van der Waals surface area contributed by atoms with Gasteiger partial charge in [-0.3, -0.25) is 9.69 Å². The lowest BCUT2D eigenvalue weighted by molar-refractivity contribution is 0.0695. The molecular formula is C32H39FN4O4. The first-order valence-electron chi connectivity index (χ1n) is 15.0. The number of carboxylic acids is 1. The molecule has 1 aliphatic carbocycles. The van der Waals surface area contributed by atoms with E-state index in [4.69, 9.17) is 4.74 Å². The van der Waals surface area contributed by atoms with Crippen molar-refractivity contribution in [3.8, 4) is 5.75 Å². The van der Waals surface area contributed by atoms with Crippen LogP contribution >= 0.6 is 0 Å². The molecule has 3 aromatic rings. The average Bonchev–Trinajstić information content (AvgIpc) is 3.83. The Bertz CT molecular complexity index is 1440. The van der Waals surface area contributed by atoms with Crippen molar-refractivity contribution in [1.29, 1.82) is 0 Å². The second-order valence-corrected chi connectivity index (χ2v) is 11.6. The minimum Gasteiger partial charge on any atom is -0.494 e. The summed E-state index contributed by atoms with van der Waals surface area (Å²) < 4.78 is 23.1. The number of nitrogens with zero attached hydrogens (tertiary/aromatic N) is 4. The van der Waals surface area contributed by atoms with Crippen LogP contribution < -0.4 is 15.1 Å². The predicted octanol–water partition coefficient (Wildman–Crippen LogP) is 4.75. The number of rotatable bonds is 10. The summed E-state index contributed by atoms with van der Waals surface area (Å²) in [5, 5.41) is 9.61. The van der Waals surface area contributed by atoms with Gasteiger partial charge in [0.1, 0.15) is 17.1 Å². The summed E-state index contributed by atoms with van der Waals surface area (Å²) in [6.45, 7) is 8.03. The first-order chi connectivity index (χ1) is 20.0. The Kier molecular flexibility index (Phi) is 8.25. The quantitative estimate of drug-likeness (QED) is 0.358. The number of halogens is 1. The molecule has 9 heteroatoms. The van der Waals surface area contributed by atoms with Crippen molar-refractivity contribution in [2.24, 2.45) is 0 Å². The molecule has 3 aliphatic rings. The van der Waals surface area contributed by atoms with E-state index >= 15 is 4.39 Å². The monoisotopic (exact) mass is 562 g/mol. The highest BCUT2D eigenvalue weighted by molar-refractivity contribution is 5.93. The molecule has 2 aliphatic heterocycles. The van der Waals surface area contributed by atoms with Gasteiger partial charge in [0.15, 0.2) is 0 Å². The maximum Gasteiger partial charge on any atom is 0.341 e. The van der Waals surface area contributed by atoms with Crippen LogP contribution in [0.2, 0.25) is 0 Å². The van der Waals surface area contributed by atoms with Gasteiger partial charge >= 0.3 is 5.97 Å². The number of pyridine rings is 1. The van der Waals surface area contributed by atoms with E-state index < -0.39 is 17.2 Å². The maximum absolute atomic E-state index is 15.3.